The van der Waals surface area contributed by atoms with Gasteiger partial charge in [0.1, 0.15) is 0 Å². The summed E-state index contributed by atoms with van der Waals surface area (Å²) < 4.78 is 0. The van der Waals surface area contributed by atoms with Gasteiger partial charge >= 0.3 is 0 Å². The molecule has 0 aliphatic heterocycles. The van der Waals surface area contributed by atoms with Gasteiger partial charge in [-0.2, -0.15) is 0 Å². The van der Waals surface area contributed by atoms with Crippen molar-refractivity contribution in [1.82, 2.24) is 5.32 Å². The molecule has 0 fully saturated rings. The molecule has 4 N–H and O–H groups in total. The summed E-state index contributed by atoms with van der Waals surface area (Å²) >= 11 is 0. The number of hydrogen-bond donors (Lipinski definition) is 4. The van der Waals surface area contributed by atoms with E-state index >= 15 is 0 Å². The summed E-state index contributed by atoms with van der Waals surface area (Å²) in [6.45, 7) is 4.19. The van der Waals surface area contributed by atoms with Crippen molar-refractivity contribution < 1.29 is 20.1 Å². The van der Waals surface area contributed by atoms with Crippen molar-refractivity contribution in [3.05, 3.63) is 12.2 Å². The van der Waals surface area contributed by atoms with Crippen LogP contribution < -0.4 is 5.32 Å². The number of hydrogen-bond acceptors (Lipinski definition) is 4. The zero-order valence-electron chi connectivity index (χ0n) is 28.8. The van der Waals surface area contributed by atoms with Gasteiger partial charge in [-0.15, -0.1) is 0 Å². The van der Waals surface area contributed by atoms with E-state index in [0.717, 1.165) is 25.7 Å². The van der Waals surface area contributed by atoms with Crippen LogP contribution in [0.25, 0.3) is 0 Å². The Hall–Kier alpha value is -0.910. The molecule has 0 radical (unpaired) electrons. The van der Waals surface area contributed by atoms with Crippen LogP contribution in [-0.2, 0) is 4.79 Å². The van der Waals surface area contributed by atoms with E-state index < -0.39 is 18.2 Å². The highest BCUT2D eigenvalue weighted by Gasteiger charge is 2.20. The summed E-state index contributed by atoms with van der Waals surface area (Å²) in [6.07, 6.45) is 37.7. The fraction of sp³-hybridized carbons (Fsp3) is 0.921. The lowest BCUT2D eigenvalue weighted by Gasteiger charge is -2.21. The Morgan fingerprint density at radius 2 is 0.953 bits per heavy atom. The van der Waals surface area contributed by atoms with Crippen LogP contribution in [0.5, 0.6) is 0 Å². The average Bonchev–Trinajstić information content (AvgIpc) is 3.00. The Morgan fingerprint density at radius 1 is 0.581 bits per heavy atom. The molecule has 3 unspecified atom stereocenters. The number of rotatable bonds is 34. The molecule has 256 valence electrons. The highest BCUT2D eigenvalue weighted by Crippen LogP contribution is 2.15. The lowest BCUT2D eigenvalue weighted by atomic mass is 10.0. The first-order valence-electron chi connectivity index (χ1n) is 19.0. The Labute approximate surface area is 268 Å². The molecule has 0 aromatic heterocycles. The predicted molar refractivity (Wildman–Crippen MR) is 185 cm³/mol. The van der Waals surface area contributed by atoms with Crippen molar-refractivity contribution in [3.63, 3.8) is 0 Å². The monoisotopic (exact) mass is 610 g/mol. The van der Waals surface area contributed by atoms with Gasteiger partial charge in [0.05, 0.1) is 31.3 Å². The topological polar surface area (TPSA) is 89.8 Å². The molecule has 0 aliphatic carbocycles. The summed E-state index contributed by atoms with van der Waals surface area (Å²) in [7, 11) is 0. The first kappa shape index (κ1) is 42.1. The maximum atomic E-state index is 12.4. The Bertz CT molecular complexity index is 596. The van der Waals surface area contributed by atoms with Crippen molar-refractivity contribution in [2.75, 3.05) is 6.61 Å². The molecule has 0 aromatic carbocycles. The van der Waals surface area contributed by atoms with Crippen LogP contribution in [-0.4, -0.2) is 46.1 Å². The zero-order chi connectivity index (χ0) is 31.6. The van der Waals surface area contributed by atoms with Gasteiger partial charge in [-0.25, -0.2) is 0 Å². The van der Waals surface area contributed by atoms with Gasteiger partial charge in [0.25, 0.3) is 0 Å². The molecule has 0 aromatic rings. The minimum atomic E-state index is -0.922. The second kappa shape index (κ2) is 34.0. The van der Waals surface area contributed by atoms with E-state index in [1.807, 2.05) is 6.08 Å². The Balaban J connectivity index is 3.67. The molecule has 5 heteroatoms. The van der Waals surface area contributed by atoms with E-state index in [1.165, 1.54) is 148 Å². The summed E-state index contributed by atoms with van der Waals surface area (Å²) in [6, 6.07) is -0.737. The third-order valence-corrected chi connectivity index (χ3v) is 8.82. The van der Waals surface area contributed by atoms with E-state index in [4.69, 9.17) is 0 Å². The predicted octanol–water partition coefficient (Wildman–Crippen LogP) is 10.1. The van der Waals surface area contributed by atoms with Crippen LogP contribution in [0.1, 0.15) is 200 Å². The highest BCUT2D eigenvalue weighted by molar-refractivity contribution is 5.76. The van der Waals surface area contributed by atoms with Crippen LogP contribution in [0.15, 0.2) is 12.2 Å². The van der Waals surface area contributed by atoms with Gasteiger partial charge in [-0.3, -0.25) is 4.79 Å². The zero-order valence-corrected chi connectivity index (χ0v) is 28.8. The van der Waals surface area contributed by atoms with Crippen molar-refractivity contribution >= 4 is 5.91 Å². The Morgan fingerprint density at radius 3 is 1.35 bits per heavy atom. The molecule has 0 aliphatic rings. The molecule has 0 heterocycles. The van der Waals surface area contributed by atoms with Crippen molar-refractivity contribution in [2.24, 2.45) is 0 Å². The van der Waals surface area contributed by atoms with Gasteiger partial charge in [-0.1, -0.05) is 187 Å². The number of aliphatic hydroxyl groups excluding tert-OH is 3. The number of unbranched alkanes of at least 4 members (excludes halogenated alkanes) is 25. The van der Waals surface area contributed by atoms with Gasteiger partial charge in [0, 0.05) is 0 Å². The lowest BCUT2D eigenvalue weighted by molar-refractivity contribution is -0.124. The highest BCUT2D eigenvalue weighted by atomic mass is 16.3. The molecule has 0 rings (SSSR count). The van der Waals surface area contributed by atoms with Gasteiger partial charge in [-0.05, 0) is 19.3 Å². The maximum Gasteiger partial charge on any atom is 0.222 e. The molecule has 0 bridgehead atoms. The minimum absolute atomic E-state index is 0.0181. The average molecular weight is 610 g/mol. The molecule has 5 nitrogen and oxygen atoms in total. The van der Waals surface area contributed by atoms with Gasteiger partial charge in [0.2, 0.25) is 5.91 Å². The second-order valence-electron chi connectivity index (χ2n) is 13.2. The number of carbonyl (C=O) groups excluding carboxylic acids is 1. The fourth-order valence-electron chi connectivity index (χ4n) is 5.87. The molecule has 43 heavy (non-hydrogen) atoms. The van der Waals surface area contributed by atoms with E-state index in [2.05, 4.69) is 19.2 Å². The van der Waals surface area contributed by atoms with E-state index in [-0.39, 0.29) is 18.9 Å². The number of aliphatic hydroxyl groups is 3. The quantitative estimate of drug-likeness (QED) is 0.0432. The standard InChI is InChI=1S/C38H75NO4/c1-3-5-7-9-11-13-15-16-17-18-19-20-22-23-25-27-29-31-35(41)33-38(43)39-36(34-40)37(42)32-30-28-26-24-21-14-12-10-8-6-4-2/h30,32,35-37,40-42H,3-29,31,33-34H2,1-2H3,(H,39,43)/b32-30+. The number of allylic oxidation sites excluding steroid dienone is 1. The normalized spacial score (nSPS) is 13.9. The first-order valence-corrected chi connectivity index (χ1v) is 19.0. The summed E-state index contributed by atoms with van der Waals surface area (Å²) in [5.41, 5.74) is 0. The third-order valence-electron chi connectivity index (χ3n) is 8.82. The van der Waals surface area contributed by atoms with Crippen molar-refractivity contribution in [1.29, 1.82) is 0 Å². The van der Waals surface area contributed by atoms with Crippen LogP contribution in [0.2, 0.25) is 0 Å². The number of nitrogens with one attached hydrogen (secondary N) is 1. The maximum absolute atomic E-state index is 12.4. The first-order chi connectivity index (χ1) is 21.0. The van der Waals surface area contributed by atoms with Gasteiger partial charge < -0.3 is 20.6 Å². The van der Waals surface area contributed by atoms with Crippen LogP contribution >= 0.6 is 0 Å². The second-order valence-corrected chi connectivity index (χ2v) is 13.2. The van der Waals surface area contributed by atoms with Crippen LogP contribution in [0.4, 0.5) is 0 Å². The van der Waals surface area contributed by atoms with Gasteiger partial charge in [0.15, 0.2) is 0 Å². The molecule has 0 saturated carbocycles. The van der Waals surface area contributed by atoms with Crippen LogP contribution in [0, 0.1) is 0 Å². The smallest absolute Gasteiger partial charge is 0.222 e. The molecule has 1 amide bonds. The van der Waals surface area contributed by atoms with Crippen LogP contribution in [0.3, 0.4) is 0 Å². The minimum Gasteiger partial charge on any atom is -0.394 e. The fourth-order valence-corrected chi connectivity index (χ4v) is 5.87. The SMILES string of the molecule is CCCCCCCCCCC/C=C/C(O)C(CO)NC(=O)CC(O)CCCCCCCCCCCCCCCCCCC. The lowest BCUT2D eigenvalue weighted by Crippen LogP contribution is -2.45. The number of carbonyl (C=O) groups is 1. The van der Waals surface area contributed by atoms with Crippen molar-refractivity contribution in [2.45, 2.75) is 218 Å². The third kappa shape index (κ3) is 30.9. The molecule has 0 spiro atoms. The van der Waals surface area contributed by atoms with E-state index in [1.54, 1.807) is 6.08 Å². The summed E-state index contributed by atoms with van der Waals surface area (Å²) in [5.74, 6) is -0.315. The molecular weight excluding hydrogens is 534 g/mol. The molecule has 0 saturated heterocycles. The summed E-state index contributed by atoms with van der Waals surface area (Å²) in [5, 5.41) is 33.0. The molecular formula is C38H75NO4. The van der Waals surface area contributed by atoms with E-state index in [0.29, 0.717) is 6.42 Å². The number of amides is 1. The largest absolute Gasteiger partial charge is 0.394 e. The summed E-state index contributed by atoms with van der Waals surface area (Å²) in [4.78, 5) is 12.4. The Kier molecular flexibility index (Phi) is 33.3. The molecule has 3 atom stereocenters. The van der Waals surface area contributed by atoms with Crippen molar-refractivity contribution in [3.8, 4) is 0 Å². The van der Waals surface area contributed by atoms with E-state index in [9.17, 15) is 20.1 Å².